The Labute approximate surface area is 161 Å². The van der Waals surface area contributed by atoms with Crippen molar-refractivity contribution in [1.29, 1.82) is 0 Å². The Balaban J connectivity index is 1.56. The maximum absolute atomic E-state index is 12.6. The second kappa shape index (κ2) is 8.89. The first-order valence-corrected chi connectivity index (χ1v) is 9.88. The third-order valence-electron chi connectivity index (χ3n) is 5.25. The Bertz CT molecular complexity index is 795. The van der Waals surface area contributed by atoms with Crippen molar-refractivity contribution in [3.05, 3.63) is 53.3 Å². The summed E-state index contributed by atoms with van der Waals surface area (Å²) in [4.78, 5) is 26.6. The van der Waals surface area contributed by atoms with Crippen molar-refractivity contribution >= 4 is 11.8 Å². The molecule has 27 heavy (non-hydrogen) atoms. The summed E-state index contributed by atoms with van der Waals surface area (Å²) in [5.74, 6) is 0.206. The molecule has 0 bridgehead atoms. The van der Waals surface area contributed by atoms with Crippen LogP contribution in [0.1, 0.15) is 53.8 Å². The van der Waals surface area contributed by atoms with Gasteiger partial charge in [0.2, 0.25) is 5.91 Å². The number of nitrogens with one attached hydrogen (secondary N) is 1. The van der Waals surface area contributed by atoms with Crippen molar-refractivity contribution in [3.63, 3.8) is 0 Å². The van der Waals surface area contributed by atoms with Gasteiger partial charge in [0.1, 0.15) is 0 Å². The lowest BCUT2D eigenvalue weighted by atomic mass is 10.2. The number of carbonyl (C=O) groups is 2. The van der Waals surface area contributed by atoms with Gasteiger partial charge in [-0.15, -0.1) is 0 Å². The minimum atomic E-state index is -0.0486. The maximum atomic E-state index is 12.6. The first kappa shape index (κ1) is 19.2. The van der Waals surface area contributed by atoms with Crippen LogP contribution >= 0.6 is 0 Å². The minimum absolute atomic E-state index is 0.0486. The first-order valence-electron chi connectivity index (χ1n) is 9.88. The fourth-order valence-electron chi connectivity index (χ4n) is 3.81. The lowest BCUT2D eigenvalue weighted by Crippen LogP contribution is -2.34. The van der Waals surface area contributed by atoms with Crippen molar-refractivity contribution in [2.24, 2.45) is 0 Å². The van der Waals surface area contributed by atoms with Crippen LogP contribution in [0.2, 0.25) is 0 Å². The van der Waals surface area contributed by atoms with Crippen LogP contribution in [0.25, 0.3) is 5.69 Å². The van der Waals surface area contributed by atoms with E-state index in [2.05, 4.69) is 9.88 Å². The number of hydrogen-bond acceptors (Lipinski definition) is 2. The molecule has 1 aliphatic rings. The average molecular weight is 367 g/mol. The molecule has 2 heterocycles. The molecule has 2 amide bonds. The van der Waals surface area contributed by atoms with Gasteiger partial charge in [-0.1, -0.05) is 24.6 Å². The van der Waals surface area contributed by atoms with Gasteiger partial charge in [-0.2, -0.15) is 0 Å². The molecule has 3 rings (SSSR count). The average Bonchev–Trinajstić information content (AvgIpc) is 2.83. The summed E-state index contributed by atoms with van der Waals surface area (Å²) in [5, 5.41) is 3.01. The van der Waals surface area contributed by atoms with Crippen LogP contribution in [0.15, 0.2) is 36.4 Å². The molecule has 0 unspecified atom stereocenters. The zero-order chi connectivity index (χ0) is 19.2. The van der Waals surface area contributed by atoms with Gasteiger partial charge in [-0.25, -0.2) is 0 Å². The second-order valence-corrected chi connectivity index (χ2v) is 7.26. The summed E-state index contributed by atoms with van der Waals surface area (Å²) < 4.78 is 2.10. The largest absolute Gasteiger partial charge is 0.352 e. The molecule has 2 aromatic rings. The molecule has 0 atom stereocenters. The highest BCUT2D eigenvalue weighted by Gasteiger charge is 2.18. The summed E-state index contributed by atoms with van der Waals surface area (Å²) in [6.07, 6.45) is 4.68. The van der Waals surface area contributed by atoms with E-state index >= 15 is 0 Å². The number of aryl methyl sites for hydroxylation is 1. The maximum Gasteiger partial charge on any atom is 0.253 e. The Hall–Kier alpha value is -2.56. The van der Waals surface area contributed by atoms with Crippen LogP contribution < -0.4 is 5.32 Å². The van der Waals surface area contributed by atoms with Crippen LogP contribution in [0.3, 0.4) is 0 Å². The lowest BCUT2D eigenvalue weighted by Gasteiger charge is -2.20. The normalized spacial score (nSPS) is 14.9. The molecule has 0 aliphatic carbocycles. The lowest BCUT2D eigenvalue weighted by molar-refractivity contribution is -0.130. The third kappa shape index (κ3) is 4.59. The molecule has 1 saturated heterocycles. The van der Waals surface area contributed by atoms with Gasteiger partial charge in [-0.3, -0.25) is 9.59 Å². The number of carbonyl (C=O) groups excluding carboxylic acids is 2. The summed E-state index contributed by atoms with van der Waals surface area (Å²) in [6, 6.07) is 12.0. The number of hydrogen-bond donors (Lipinski definition) is 1. The summed E-state index contributed by atoms with van der Waals surface area (Å²) in [5.41, 5.74) is 3.76. The van der Waals surface area contributed by atoms with Crippen LogP contribution in [-0.4, -0.2) is 40.9 Å². The highest BCUT2D eigenvalue weighted by molar-refractivity contribution is 5.95. The predicted octanol–water partition coefficient (Wildman–Crippen LogP) is 3.62. The highest BCUT2D eigenvalue weighted by Crippen LogP contribution is 2.20. The van der Waals surface area contributed by atoms with Gasteiger partial charge in [0.15, 0.2) is 0 Å². The number of likely N-dealkylation sites (tertiary alicyclic amines) is 1. The van der Waals surface area contributed by atoms with E-state index in [1.54, 1.807) is 0 Å². The molecule has 5 nitrogen and oxygen atoms in total. The smallest absolute Gasteiger partial charge is 0.253 e. The Morgan fingerprint density at radius 3 is 2.67 bits per heavy atom. The molecule has 1 N–H and O–H groups in total. The number of rotatable bonds is 6. The highest BCUT2D eigenvalue weighted by atomic mass is 16.2. The fraction of sp³-hybridized carbons (Fsp3) is 0.455. The van der Waals surface area contributed by atoms with Crippen molar-refractivity contribution in [1.82, 2.24) is 14.8 Å². The Morgan fingerprint density at radius 1 is 1.11 bits per heavy atom. The topological polar surface area (TPSA) is 54.3 Å². The van der Waals surface area contributed by atoms with E-state index in [1.807, 2.05) is 55.1 Å². The van der Waals surface area contributed by atoms with Gasteiger partial charge < -0.3 is 14.8 Å². The molecule has 1 aromatic heterocycles. The molecular formula is C22H29N3O2. The van der Waals surface area contributed by atoms with Crippen LogP contribution in [-0.2, 0) is 4.79 Å². The quantitative estimate of drug-likeness (QED) is 0.793. The minimum Gasteiger partial charge on any atom is -0.352 e. The van der Waals surface area contributed by atoms with E-state index in [-0.39, 0.29) is 11.8 Å². The van der Waals surface area contributed by atoms with E-state index in [4.69, 9.17) is 0 Å². The molecule has 0 radical (unpaired) electrons. The van der Waals surface area contributed by atoms with Crippen molar-refractivity contribution in [3.8, 4) is 5.69 Å². The van der Waals surface area contributed by atoms with Gasteiger partial charge in [0, 0.05) is 43.1 Å². The molecule has 1 fully saturated rings. The SMILES string of the molecule is Cc1cc(C(=O)NCCCN2CCCCCC2=O)c(C)n1-c1ccccc1. The molecule has 1 aromatic carbocycles. The monoisotopic (exact) mass is 367 g/mol. The van der Waals surface area contributed by atoms with E-state index in [9.17, 15) is 9.59 Å². The number of aromatic nitrogens is 1. The zero-order valence-electron chi connectivity index (χ0n) is 16.3. The molecule has 0 spiro atoms. The van der Waals surface area contributed by atoms with Crippen molar-refractivity contribution < 1.29 is 9.59 Å². The molecule has 0 saturated carbocycles. The number of para-hydroxylation sites is 1. The van der Waals surface area contributed by atoms with Gasteiger partial charge in [-0.05, 0) is 51.3 Å². The summed E-state index contributed by atoms with van der Waals surface area (Å²) in [7, 11) is 0. The fourth-order valence-corrected chi connectivity index (χ4v) is 3.81. The number of benzene rings is 1. The molecule has 144 valence electrons. The molecule has 5 heteroatoms. The Kier molecular flexibility index (Phi) is 6.32. The third-order valence-corrected chi connectivity index (χ3v) is 5.25. The van der Waals surface area contributed by atoms with Crippen molar-refractivity contribution in [2.45, 2.75) is 46.0 Å². The van der Waals surface area contributed by atoms with Gasteiger partial charge >= 0.3 is 0 Å². The van der Waals surface area contributed by atoms with E-state index in [1.165, 1.54) is 0 Å². The van der Waals surface area contributed by atoms with E-state index in [0.717, 1.165) is 55.8 Å². The van der Waals surface area contributed by atoms with Crippen LogP contribution in [0, 0.1) is 13.8 Å². The zero-order valence-corrected chi connectivity index (χ0v) is 16.3. The summed E-state index contributed by atoms with van der Waals surface area (Å²) in [6.45, 7) is 6.15. The summed E-state index contributed by atoms with van der Waals surface area (Å²) >= 11 is 0. The Morgan fingerprint density at radius 2 is 1.89 bits per heavy atom. The van der Waals surface area contributed by atoms with E-state index in [0.29, 0.717) is 18.5 Å². The standard InChI is InChI=1S/C22H29N3O2/c1-17-16-20(18(2)25(17)19-10-5-3-6-11-19)22(27)23-13-9-15-24-14-8-4-7-12-21(24)26/h3,5-6,10-11,16H,4,7-9,12-15H2,1-2H3,(H,23,27). The first-order chi connectivity index (χ1) is 13.1. The van der Waals surface area contributed by atoms with E-state index < -0.39 is 0 Å². The molecular weight excluding hydrogens is 338 g/mol. The number of amides is 2. The van der Waals surface area contributed by atoms with Crippen LogP contribution in [0.5, 0.6) is 0 Å². The van der Waals surface area contributed by atoms with Gasteiger partial charge in [0.05, 0.1) is 5.56 Å². The molecule has 1 aliphatic heterocycles. The predicted molar refractivity (Wildman–Crippen MR) is 107 cm³/mol. The van der Waals surface area contributed by atoms with Crippen LogP contribution in [0.4, 0.5) is 0 Å². The number of nitrogens with zero attached hydrogens (tertiary/aromatic N) is 2. The second-order valence-electron chi connectivity index (χ2n) is 7.26. The van der Waals surface area contributed by atoms with Crippen molar-refractivity contribution in [2.75, 3.05) is 19.6 Å². The van der Waals surface area contributed by atoms with Gasteiger partial charge in [0.25, 0.3) is 5.91 Å².